The van der Waals surface area contributed by atoms with E-state index in [0.717, 1.165) is 15.6 Å². The van der Waals surface area contributed by atoms with Crippen molar-refractivity contribution in [2.75, 3.05) is 0 Å². The number of aromatic nitrogens is 3. The lowest BCUT2D eigenvalue weighted by molar-refractivity contribution is 0.574. The van der Waals surface area contributed by atoms with Gasteiger partial charge in [0, 0.05) is 5.41 Å². The van der Waals surface area contributed by atoms with Gasteiger partial charge < -0.3 is 0 Å². The van der Waals surface area contributed by atoms with Crippen LogP contribution in [-0.4, -0.2) is 15.2 Å². The molecule has 2 aromatic rings. The lowest BCUT2D eigenvalue weighted by atomic mass is 9.98. The summed E-state index contributed by atoms with van der Waals surface area (Å²) in [5.41, 5.74) is 2.18. The lowest BCUT2D eigenvalue weighted by Gasteiger charge is -2.16. The van der Waals surface area contributed by atoms with Gasteiger partial charge in [0.15, 0.2) is 0 Å². The van der Waals surface area contributed by atoms with E-state index in [1.807, 2.05) is 25.1 Å². The Kier molecular flexibility index (Phi) is 4.00. The molecule has 0 saturated heterocycles. The van der Waals surface area contributed by atoms with Gasteiger partial charge >= 0.3 is 0 Å². The highest BCUT2D eigenvalue weighted by molar-refractivity contribution is 7.15. The predicted molar refractivity (Wildman–Crippen MR) is 80.8 cm³/mol. The predicted octanol–water partition coefficient (Wildman–Crippen LogP) is 4.26. The van der Waals surface area contributed by atoms with Crippen LogP contribution in [0.4, 0.5) is 0 Å². The second-order valence-electron chi connectivity index (χ2n) is 5.44. The molecule has 4 heteroatoms. The van der Waals surface area contributed by atoms with Crippen LogP contribution in [0.1, 0.15) is 31.5 Å². The van der Waals surface area contributed by atoms with Crippen molar-refractivity contribution in [2.45, 2.75) is 33.1 Å². The minimum Gasteiger partial charge on any atom is -0.267 e. The van der Waals surface area contributed by atoms with Crippen LogP contribution in [0.5, 0.6) is 0 Å². The normalized spacial score (nSPS) is 11.2. The van der Waals surface area contributed by atoms with Crippen molar-refractivity contribution < 1.29 is 0 Å². The van der Waals surface area contributed by atoms with E-state index in [0.29, 0.717) is 0 Å². The van der Waals surface area contributed by atoms with Gasteiger partial charge in [-0.25, -0.2) is 4.98 Å². The fourth-order valence-corrected chi connectivity index (χ4v) is 2.70. The lowest BCUT2D eigenvalue weighted by Crippen LogP contribution is -2.12. The maximum absolute atomic E-state index is 4.41. The number of nitrogens with zero attached hydrogens (tertiary/aromatic N) is 2. The molecule has 0 aliphatic carbocycles. The van der Waals surface area contributed by atoms with Crippen LogP contribution in [0.2, 0.25) is 0 Å². The van der Waals surface area contributed by atoms with Gasteiger partial charge in [-0.05, 0) is 12.5 Å². The summed E-state index contributed by atoms with van der Waals surface area (Å²) in [6.07, 6.45) is 1.64. The molecule has 1 aromatic carbocycles. The summed E-state index contributed by atoms with van der Waals surface area (Å²) in [5, 5.41) is 8.35. The van der Waals surface area contributed by atoms with E-state index in [-0.39, 0.29) is 5.41 Å². The third kappa shape index (κ3) is 3.41. The van der Waals surface area contributed by atoms with Gasteiger partial charge in [-0.2, -0.15) is 5.10 Å². The quantitative estimate of drug-likeness (QED) is 0.843. The molecule has 0 saturated carbocycles. The molecule has 0 fully saturated rings. The summed E-state index contributed by atoms with van der Waals surface area (Å²) in [5.74, 6) is 0. The molecule has 19 heavy (non-hydrogen) atoms. The third-order valence-electron chi connectivity index (χ3n) is 2.69. The first kappa shape index (κ1) is 13.7. The zero-order chi connectivity index (χ0) is 13.9. The molecule has 0 spiro atoms. The van der Waals surface area contributed by atoms with Gasteiger partial charge in [0.25, 0.3) is 0 Å². The molecule has 0 bridgehead atoms. The molecule has 2 rings (SSSR count). The summed E-state index contributed by atoms with van der Waals surface area (Å²) < 4.78 is 0. The maximum Gasteiger partial charge on any atom is 0.119 e. The van der Waals surface area contributed by atoms with Crippen molar-refractivity contribution in [2.24, 2.45) is 0 Å². The van der Waals surface area contributed by atoms with E-state index >= 15 is 0 Å². The van der Waals surface area contributed by atoms with Crippen LogP contribution in [0.25, 0.3) is 10.4 Å². The van der Waals surface area contributed by atoms with E-state index in [4.69, 9.17) is 0 Å². The van der Waals surface area contributed by atoms with Crippen molar-refractivity contribution >= 4 is 11.3 Å². The van der Waals surface area contributed by atoms with E-state index in [1.165, 1.54) is 5.56 Å². The Bertz CT molecular complexity index is 589. The Morgan fingerprint density at radius 2 is 1.79 bits per heavy atom. The number of hydrogen-bond acceptors (Lipinski definition) is 3. The molecule has 0 amide bonds. The van der Waals surface area contributed by atoms with Crippen LogP contribution < -0.4 is 0 Å². The number of nitrogens with one attached hydrogen (secondary N) is 1. The summed E-state index contributed by atoms with van der Waals surface area (Å²) in [4.78, 5) is 5.53. The Morgan fingerprint density at radius 3 is 2.42 bits per heavy atom. The molecule has 0 unspecified atom stereocenters. The highest BCUT2D eigenvalue weighted by Gasteiger charge is 2.17. The second-order valence-corrected chi connectivity index (χ2v) is 6.44. The Labute approximate surface area is 118 Å². The third-order valence-corrected chi connectivity index (χ3v) is 4.32. The molecule has 1 N–H and O–H groups in total. The van der Waals surface area contributed by atoms with Gasteiger partial charge in [0.1, 0.15) is 11.3 Å². The van der Waals surface area contributed by atoms with Gasteiger partial charge in [-0.15, -0.1) is 11.3 Å². The standard InChI is InChI=1S/C15H19N3S/c1-11-13(12-8-6-5-7-9-12)19-14(15(2,3)4)18-17-10-16-11/h5-10H,1-4H3,(H,16,17). The zero-order valence-electron chi connectivity index (χ0n) is 11.8. The minimum absolute atomic E-state index is 0.00313. The average molecular weight is 273 g/mol. The van der Waals surface area contributed by atoms with Crippen molar-refractivity contribution in [3.8, 4) is 10.4 Å². The molecule has 100 valence electrons. The zero-order valence-corrected chi connectivity index (χ0v) is 12.6. The highest BCUT2D eigenvalue weighted by atomic mass is 32.1. The van der Waals surface area contributed by atoms with Crippen LogP contribution in [-0.2, 0) is 5.41 Å². The van der Waals surface area contributed by atoms with E-state index in [2.05, 4.69) is 48.1 Å². The molecule has 1 aromatic heterocycles. The van der Waals surface area contributed by atoms with Crippen LogP contribution in [0, 0.1) is 6.92 Å². The monoisotopic (exact) mass is 273 g/mol. The first-order valence-electron chi connectivity index (χ1n) is 6.29. The SMILES string of the molecule is Cc1nc[nH]nc(C(C)(C)C)sc1-c1ccccc1. The number of benzene rings is 1. The van der Waals surface area contributed by atoms with E-state index < -0.39 is 0 Å². The fourth-order valence-electron chi connectivity index (χ4n) is 1.64. The molecule has 0 radical (unpaired) electrons. The molecule has 0 aliphatic heterocycles. The van der Waals surface area contributed by atoms with Crippen molar-refractivity contribution in [3.05, 3.63) is 47.4 Å². The highest BCUT2D eigenvalue weighted by Crippen LogP contribution is 2.31. The van der Waals surface area contributed by atoms with Crippen molar-refractivity contribution in [3.63, 3.8) is 0 Å². The Morgan fingerprint density at radius 1 is 1.11 bits per heavy atom. The number of hydrogen-bond donors (Lipinski definition) is 1. The van der Waals surface area contributed by atoms with Gasteiger partial charge in [-0.3, -0.25) is 5.10 Å². The average Bonchev–Trinajstić information content (AvgIpc) is 2.34. The first-order chi connectivity index (χ1) is 8.98. The summed E-state index contributed by atoms with van der Waals surface area (Å²) in [6, 6.07) is 10.3. The van der Waals surface area contributed by atoms with Crippen LogP contribution in [0.3, 0.4) is 0 Å². The summed E-state index contributed by atoms with van der Waals surface area (Å²) in [7, 11) is 0. The molecule has 1 heterocycles. The van der Waals surface area contributed by atoms with Crippen molar-refractivity contribution in [1.82, 2.24) is 15.2 Å². The molecule has 0 atom stereocenters. The fraction of sp³-hybridized carbons (Fsp3) is 0.333. The van der Waals surface area contributed by atoms with Gasteiger partial charge in [0.2, 0.25) is 0 Å². The van der Waals surface area contributed by atoms with Gasteiger partial charge in [-0.1, -0.05) is 51.1 Å². The van der Waals surface area contributed by atoms with Crippen molar-refractivity contribution in [1.29, 1.82) is 0 Å². The number of aryl methyl sites for hydroxylation is 1. The van der Waals surface area contributed by atoms with E-state index in [9.17, 15) is 0 Å². The Balaban J connectivity index is 2.70. The molecular formula is C15H19N3S. The van der Waals surface area contributed by atoms with Crippen LogP contribution >= 0.6 is 11.3 Å². The number of H-pyrrole nitrogens is 1. The second kappa shape index (κ2) is 5.53. The number of rotatable bonds is 1. The minimum atomic E-state index is 0.00313. The Hall–Kier alpha value is -1.68. The smallest absolute Gasteiger partial charge is 0.119 e. The summed E-state index contributed by atoms with van der Waals surface area (Å²) >= 11 is 1.69. The van der Waals surface area contributed by atoms with Gasteiger partial charge in [0.05, 0.1) is 10.6 Å². The molecule has 3 nitrogen and oxygen atoms in total. The van der Waals surface area contributed by atoms with E-state index in [1.54, 1.807) is 17.7 Å². The first-order valence-corrected chi connectivity index (χ1v) is 7.10. The topological polar surface area (TPSA) is 41.6 Å². The maximum atomic E-state index is 4.41. The summed E-state index contributed by atoms with van der Waals surface area (Å²) in [6.45, 7) is 8.52. The van der Waals surface area contributed by atoms with Crippen LogP contribution in [0.15, 0.2) is 36.7 Å². The molecular weight excluding hydrogens is 254 g/mol. The largest absolute Gasteiger partial charge is 0.267 e. The molecule has 0 aliphatic rings. The number of aromatic amines is 1.